The summed E-state index contributed by atoms with van der Waals surface area (Å²) in [7, 11) is 0. The van der Waals surface area contributed by atoms with E-state index >= 15 is 0 Å². The second kappa shape index (κ2) is 2.26. The summed E-state index contributed by atoms with van der Waals surface area (Å²) in [6, 6.07) is 1.34. The number of carboxylic acids is 1. The van der Waals surface area contributed by atoms with E-state index < -0.39 is 5.97 Å². The number of hydrogen-bond acceptors (Lipinski definition) is 3. The molecule has 0 atom stereocenters. The van der Waals surface area contributed by atoms with E-state index in [1.54, 1.807) is 0 Å². The topological polar surface area (TPSA) is 68.2 Å². The van der Waals surface area contributed by atoms with Crippen molar-refractivity contribution in [1.29, 1.82) is 0 Å². The summed E-state index contributed by atoms with van der Waals surface area (Å²) in [6.45, 7) is 0. The van der Waals surface area contributed by atoms with Gasteiger partial charge in [-0.3, -0.25) is 3.97 Å². The van der Waals surface area contributed by atoms with Crippen molar-refractivity contribution >= 4 is 24.5 Å². The first-order valence-electron chi connectivity index (χ1n) is 2.51. The summed E-state index contributed by atoms with van der Waals surface area (Å²) >= 11 is 3.81. The fraction of sp³-hybridized carbons (Fsp3) is 0. The van der Waals surface area contributed by atoms with Crippen LogP contribution < -0.4 is 5.73 Å². The van der Waals surface area contributed by atoms with Gasteiger partial charge in [-0.2, -0.15) is 0 Å². The van der Waals surface area contributed by atoms with Gasteiger partial charge in [0.25, 0.3) is 0 Å². The lowest BCUT2D eigenvalue weighted by molar-refractivity contribution is 0.0690. The summed E-state index contributed by atoms with van der Waals surface area (Å²) in [5.74, 6) is -1.04. The third-order valence-corrected chi connectivity index (χ3v) is 1.37. The van der Waals surface area contributed by atoms with Crippen molar-refractivity contribution in [2.75, 3.05) is 5.73 Å². The van der Waals surface area contributed by atoms with Crippen molar-refractivity contribution in [3.8, 4) is 0 Å². The van der Waals surface area contributed by atoms with Crippen LogP contribution in [-0.4, -0.2) is 15.0 Å². The van der Waals surface area contributed by atoms with Gasteiger partial charge in [0.15, 0.2) is 0 Å². The first-order chi connectivity index (χ1) is 4.61. The molecule has 0 unspecified atom stereocenters. The molecule has 0 aliphatic rings. The van der Waals surface area contributed by atoms with Gasteiger partial charge < -0.3 is 10.8 Å². The number of nitrogen functional groups attached to an aromatic ring is 1. The predicted molar refractivity (Wildman–Crippen MR) is 40.2 cm³/mol. The van der Waals surface area contributed by atoms with Crippen molar-refractivity contribution in [1.82, 2.24) is 3.97 Å². The average molecular weight is 158 g/mol. The first-order valence-corrected chi connectivity index (χ1v) is 2.91. The van der Waals surface area contributed by atoms with Gasteiger partial charge in [-0.15, -0.1) is 0 Å². The fourth-order valence-corrected chi connectivity index (χ4v) is 0.908. The smallest absolute Gasteiger partial charge is 0.353 e. The van der Waals surface area contributed by atoms with Gasteiger partial charge >= 0.3 is 5.97 Å². The van der Waals surface area contributed by atoms with Crippen molar-refractivity contribution in [3.63, 3.8) is 0 Å². The van der Waals surface area contributed by atoms with Crippen LogP contribution in [0.3, 0.4) is 0 Å². The number of carboxylic acid groups (broad SMARTS) is 1. The molecular weight excluding hydrogens is 152 g/mol. The maximum absolute atomic E-state index is 10.3. The zero-order valence-electron chi connectivity index (χ0n) is 4.98. The Kier molecular flexibility index (Phi) is 1.58. The number of hydrogen-bond donors (Lipinski definition) is 3. The SMILES string of the molecule is Nc1cc(C(=O)O)n(S)c1. The quantitative estimate of drug-likeness (QED) is 0.520. The standard InChI is InChI=1S/C5H6N2O2S/c6-3-1-4(5(8)9)7(10)2-3/h1-2,10H,6H2,(H,8,9). The minimum Gasteiger partial charge on any atom is -0.477 e. The Morgan fingerprint density at radius 3 is 2.60 bits per heavy atom. The molecule has 0 amide bonds. The van der Waals surface area contributed by atoms with E-state index in [0.717, 1.165) is 3.97 Å². The summed E-state index contributed by atoms with van der Waals surface area (Å²) in [5.41, 5.74) is 5.75. The van der Waals surface area contributed by atoms with Crippen LogP contribution >= 0.6 is 12.8 Å². The largest absolute Gasteiger partial charge is 0.477 e. The maximum Gasteiger partial charge on any atom is 0.353 e. The second-order valence-electron chi connectivity index (χ2n) is 1.81. The molecule has 0 saturated heterocycles. The Morgan fingerprint density at radius 2 is 2.40 bits per heavy atom. The molecule has 5 heteroatoms. The first kappa shape index (κ1) is 7.01. The average Bonchev–Trinajstić information content (AvgIpc) is 2.10. The lowest BCUT2D eigenvalue weighted by Crippen LogP contribution is -1.99. The monoisotopic (exact) mass is 158 g/mol. The molecule has 1 aromatic rings. The molecule has 0 saturated carbocycles. The second-order valence-corrected chi connectivity index (χ2v) is 2.24. The number of thiol groups is 1. The van der Waals surface area contributed by atoms with Crippen molar-refractivity contribution in [3.05, 3.63) is 18.0 Å². The Bertz CT molecular complexity index is 269. The molecule has 54 valence electrons. The van der Waals surface area contributed by atoms with E-state index in [1.165, 1.54) is 12.3 Å². The Balaban J connectivity index is 3.15. The Labute approximate surface area is 62.8 Å². The van der Waals surface area contributed by atoms with Crippen LogP contribution in [0.15, 0.2) is 12.3 Å². The number of aromatic carboxylic acids is 1. The zero-order chi connectivity index (χ0) is 7.72. The van der Waals surface area contributed by atoms with Crippen LogP contribution in [0.2, 0.25) is 0 Å². The fourth-order valence-electron chi connectivity index (χ4n) is 0.632. The van der Waals surface area contributed by atoms with Gasteiger partial charge in [-0.25, -0.2) is 4.79 Å². The molecule has 0 aromatic carbocycles. The molecule has 1 rings (SSSR count). The number of carbonyl (C=O) groups is 1. The molecule has 10 heavy (non-hydrogen) atoms. The van der Waals surface area contributed by atoms with E-state index in [-0.39, 0.29) is 5.69 Å². The maximum atomic E-state index is 10.3. The lowest BCUT2D eigenvalue weighted by Gasteiger charge is -1.91. The van der Waals surface area contributed by atoms with Gasteiger partial charge in [0.05, 0.1) is 5.69 Å². The normalized spacial score (nSPS) is 9.70. The van der Waals surface area contributed by atoms with Gasteiger partial charge in [0.2, 0.25) is 0 Å². The van der Waals surface area contributed by atoms with E-state index in [1.807, 2.05) is 0 Å². The lowest BCUT2D eigenvalue weighted by atomic mass is 10.4. The zero-order valence-corrected chi connectivity index (χ0v) is 5.88. The van der Waals surface area contributed by atoms with Crippen LogP contribution in [0.25, 0.3) is 0 Å². The van der Waals surface area contributed by atoms with Crippen molar-refractivity contribution < 1.29 is 9.90 Å². The molecule has 0 spiro atoms. The summed E-state index contributed by atoms with van der Waals surface area (Å²) in [4.78, 5) is 10.3. The molecule has 0 radical (unpaired) electrons. The van der Waals surface area contributed by atoms with Crippen LogP contribution in [0.1, 0.15) is 10.5 Å². The highest BCUT2D eigenvalue weighted by Gasteiger charge is 2.07. The third-order valence-electron chi connectivity index (χ3n) is 1.04. The van der Waals surface area contributed by atoms with Crippen molar-refractivity contribution in [2.24, 2.45) is 0 Å². The van der Waals surface area contributed by atoms with Crippen LogP contribution in [0, 0.1) is 0 Å². The minimum absolute atomic E-state index is 0.0702. The molecule has 1 aromatic heterocycles. The van der Waals surface area contributed by atoms with E-state index in [4.69, 9.17) is 10.8 Å². The Hall–Kier alpha value is -1.10. The number of nitrogens with zero attached hydrogens (tertiary/aromatic N) is 1. The number of rotatable bonds is 1. The molecule has 0 aliphatic carbocycles. The summed E-state index contributed by atoms with van der Waals surface area (Å²) in [6.07, 6.45) is 1.42. The molecule has 0 fully saturated rings. The minimum atomic E-state index is -1.04. The van der Waals surface area contributed by atoms with Gasteiger partial charge in [-0.1, -0.05) is 12.8 Å². The highest BCUT2D eigenvalue weighted by molar-refractivity contribution is 7.78. The molecule has 4 nitrogen and oxygen atoms in total. The molecule has 3 N–H and O–H groups in total. The van der Waals surface area contributed by atoms with E-state index in [2.05, 4.69) is 12.8 Å². The van der Waals surface area contributed by atoms with Gasteiger partial charge in [0, 0.05) is 6.20 Å². The van der Waals surface area contributed by atoms with E-state index in [9.17, 15) is 4.79 Å². The van der Waals surface area contributed by atoms with Crippen molar-refractivity contribution in [2.45, 2.75) is 0 Å². The predicted octanol–water partition coefficient (Wildman–Crippen LogP) is 0.461. The van der Waals surface area contributed by atoms with Gasteiger partial charge in [-0.05, 0) is 6.07 Å². The summed E-state index contributed by atoms with van der Waals surface area (Å²) < 4.78 is 1.16. The van der Waals surface area contributed by atoms with Crippen LogP contribution in [-0.2, 0) is 0 Å². The molecule has 0 bridgehead atoms. The van der Waals surface area contributed by atoms with Crippen LogP contribution in [0.5, 0.6) is 0 Å². The Morgan fingerprint density at radius 1 is 1.80 bits per heavy atom. The highest BCUT2D eigenvalue weighted by Crippen LogP contribution is 2.10. The van der Waals surface area contributed by atoms with E-state index in [0.29, 0.717) is 5.69 Å². The molecular formula is C5H6N2O2S. The number of nitrogens with two attached hydrogens (primary N) is 1. The third kappa shape index (κ3) is 1.08. The molecule has 0 aliphatic heterocycles. The highest BCUT2D eigenvalue weighted by atomic mass is 32.1. The van der Waals surface area contributed by atoms with Gasteiger partial charge in [0.1, 0.15) is 5.69 Å². The number of anilines is 1. The molecule has 1 heterocycles. The number of aromatic nitrogens is 1. The van der Waals surface area contributed by atoms with Crippen LogP contribution in [0.4, 0.5) is 5.69 Å². The summed E-state index contributed by atoms with van der Waals surface area (Å²) in [5, 5.41) is 8.45.